The maximum absolute atomic E-state index is 10.0. The van der Waals surface area contributed by atoms with E-state index in [2.05, 4.69) is 10.1 Å². The molecule has 0 aliphatic heterocycles. The molecule has 0 bridgehead atoms. The van der Waals surface area contributed by atoms with Gasteiger partial charge in [0.25, 0.3) is 0 Å². The third-order valence-electron chi connectivity index (χ3n) is 2.93. The fraction of sp³-hybridized carbons (Fsp3) is 0.0667. The third-order valence-corrected chi connectivity index (χ3v) is 3.77. The van der Waals surface area contributed by atoms with Crippen LogP contribution in [0.15, 0.2) is 34.9 Å². The van der Waals surface area contributed by atoms with Gasteiger partial charge in [-0.05, 0) is 24.3 Å². The lowest BCUT2D eigenvalue weighted by molar-refractivity contribution is 0.394. The molecule has 3 rings (SSSR count). The van der Waals surface area contributed by atoms with Crippen LogP contribution in [0, 0.1) is 6.92 Å². The zero-order valence-electron chi connectivity index (χ0n) is 11.7. The van der Waals surface area contributed by atoms with Gasteiger partial charge in [0, 0.05) is 23.6 Å². The first-order valence-electron chi connectivity index (χ1n) is 6.40. The van der Waals surface area contributed by atoms with Crippen LogP contribution in [0.3, 0.4) is 0 Å². The van der Waals surface area contributed by atoms with E-state index >= 15 is 0 Å². The van der Waals surface area contributed by atoms with E-state index < -0.39 is 0 Å². The van der Waals surface area contributed by atoms with Crippen molar-refractivity contribution in [3.05, 3.63) is 51.3 Å². The normalized spacial score (nSPS) is 10.8. The van der Waals surface area contributed by atoms with Crippen LogP contribution in [0.1, 0.15) is 5.89 Å². The molecule has 23 heavy (non-hydrogen) atoms. The molecule has 1 heterocycles. The molecular weight excluding hydrogens is 363 g/mol. The second kappa shape index (κ2) is 6.28. The molecule has 118 valence electrons. The molecule has 3 aromatic rings. The number of aryl methyl sites for hydroxylation is 1. The Hall–Kier alpha value is -1.95. The molecule has 8 heteroatoms. The zero-order valence-corrected chi connectivity index (χ0v) is 13.9. The van der Waals surface area contributed by atoms with Crippen LogP contribution in [0.4, 0.5) is 0 Å². The van der Waals surface area contributed by atoms with Crippen LogP contribution in [0.2, 0.25) is 15.1 Å². The first-order valence-corrected chi connectivity index (χ1v) is 7.53. The summed E-state index contributed by atoms with van der Waals surface area (Å²) < 4.78 is 10.6. The Morgan fingerprint density at radius 1 is 1.04 bits per heavy atom. The smallest absolute Gasteiger partial charge is 0.223 e. The van der Waals surface area contributed by atoms with Crippen molar-refractivity contribution in [2.45, 2.75) is 6.92 Å². The Morgan fingerprint density at radius 2 is 1.83 bits per heavy atom. The van der Waals surface area contributed by atoms with Gasteiger partial charge in [0.2, 0.25) is 11.7 Å². The minimum atomic E-state index is -0.148. The van der Waals surface area contributed by atoms with Crippen molar-refractivity contribution < 1.29 is 14.4 Å². The molecular formula is C15H9Cl3N2O3. The van der Waals surface area contributed by atoms with E-state index in [1.165, 1.54) is 18.2 Å². The van der Waals surface area contributed by atoms with Gasteiger partial charge in [-0.15, -0.1) is 0 Å². The molecule has 0 saturated heterocycles. The van der Waals surface area contributed by atoms with Gasteiger partial charge in [0.05, 0.1) is 10.0 Å². The molecule has 0 fully saturated rings. The molecule has 1 N–H and O–H groups in total. The number of hydrogen-bond donors (Lipinski definition) is 1. The molecule has 0 aliphatic carbocycles. The minimum Gasteiger partial charge on any atom is -0.504 e. The lowest BCUT2D eigenvalue weighted by Gasteiger charge is -2.11. The Bertz CT molecular complexity index is 880. The second-order valence-corrected chi connectivity index (χ2v) is 5.86. The van der Waals surface area contributed by atoms with Crippen LogP contribution in [-0.4, -0.2) is 15.2 Å². The number of rotatable bonds is 3. The summed E-state index contributed by atoms with van der Waals surface area (Å²) in [5.74, 6) is 1.02. The van der Waals surface area contributed by atoms with Gasteiger partial charge in [-0.1, -0.05) is 40.0 Å². The lowest BCUT2D eigenvalue weighted by Crippen LogP contribution is -1.89. The molecule has 0 radical (unpaired) electrons. The quantitative estimate of drug-likeness (QED) is 0.658. The van der Waals surface area contributed by atoms with Crippen LogP contribution >= 0.6 is 34.8 Å². The molecule has 2 aromatic carbocycles. The van der Waals surface area contributed by atoms with Gasteiger partial charge < -0.3 is 14.4 Å². The highest BCUT2D eigenvalue weighted by molar-refractivity contribution is 6.35. The Morgan fingerprint density at radius 3 is 2.48 bits per heavy atom. The molecule has 0 amide bonds. The molecule has 0 unspecified atom stereocenters. The summed E-state index contributed by atoms with van der Waals surface area (Å²) in [4.78, 5) is 4.11. The summed E-state index contributed by atoms with van der Waals surface area (Å²) in [5.41, 5.74) is 0.460. The largest absolute Gasteiger partial charge is 0.504 e. The number of hydrogen-bond acceptors (Lipinski definition) is 5. The van der Waals surface area contributed by atoms with Gasteiger partial charge in [-0.3, -0.25) is 0 Å². The van der Waals surface area contributed by atoms with E-state index in [0.717, 1.165) is 0 Å². The molecule has 0 aliphatic rings. The maximum Gasteiger partial charge on any atom is 0.223 e. The monoisotopic (exact) mass is 370 g/mol. The topological polar surface area (TPSA) is 68.4 Å². The number of phenols is 1. The van der Waals surface area contributed by atoms with Crippen LogP contribution in [-0.2, 0) is 0 Å². The number of aromatic hydroxyl groups is 1. The number of ether oxygens (including phenoxy) is 1. The fourth-order valence-corrected chi connectivity index (χ4v) is 2.57. The number of phenolic OH excluding ortho intramolecular Hbond substituents is 1. The van der Waals surface area contributed by atoms with E-state index in [4.69, 9.17) is 44.1 Å². The highest BCUT2D eigenvalue weighted by atomic mass is 35.5. The highest BCUT2D eigenvalue weighted by Gasteiger charge is 2.16. The van der Waals surface area contributed by atoms with Crippen molar-refractivity contribution in [2.75, 3.05) is 0 Å². The molecule has 5 nitrogen and oxygen atoms in total. The second-order valence-electron chi connectivity index (χ2n) is 4.61. The van der Waals surface area contributed by atoms with E-state index in [1.807, 2.05) is 0 Å². The molecule has 0 spiro atoms. The van der Waals surface area contributed by atoms with Crippen LogP contribution < -0.4 is 4.74 Å². The predicted molar refractivity (Wildman–Crippen MR) is 87.7 cm³/mol. The maximum atomic E-state index is 10.0. The summed E-state index contributed by atoms with van der Waals surface area (Å²) in [6.45, 7) is 1.66. The average molecular weight is 372 g/mol. The fourth-order valence-electron chi connectivity index (χ4n) is 1.88. The van der Waals surface area contributed by atoms with Gasteiger partial charge in [0.1, 0.15) is 5.75 Å². The summed E-state index contributed by atoms with van der Waals surface area (Å²) in [5, 5.41) is 14.9. The van der Waals surface area contributed by atoms with E-state index in [1.54, 1.807) is 19.1 Å². The number of halogens is 3. The van der Waals surface area contributed by atoms with Gasteiger partial charge in [-0.2, -0.15) is 4.98 Å². The Balaban J connectivity index is 2.02. The average Bonchev–Trinajstić information content (AvgIpc) is 2.90. The SMILES string of the molecule is Cc1nc(-c2cc(Oc3ccc(Cl)cc3Cl)c(O)cc2Cl)no1. The van der Waals surface area contributed by atoms with Crippen LogP contribution in [0.5, 0.6) is 17.2 Å². The molecule has 0 saturated carbocycles. The number of aromatic nitrogens is 2. The Labute approximate surface area is 146 Å². The molecule has 1 aromatic heterocycles. The van der Waals surface area contributed by atoms with Crippen molar-refractivity contribution in [1.82, 2.24) is 10.1 Å². The van der Waals surface area contributed by atoms with Crippen LogP contribution in [0.25, 0.3) is 11.4 Å². The van der Waals surface area contributed by atoms with Gasteiger partial charge in [-0.25, -0.2) is 0 Å². The number of benzene rings is 2. The minimum absolute atomic E-state index is 0.148. The summed E-state index contributed by atoms with van der Waals surface area (Å²) in [6, 6.07) is 7.60. The van der Waals surface area contributed by atoms with Crippen molar-refractivity contribution in [2.24, 2.45) is 0 Å². The third kappa shape index (κ3) is 3.37. The van der Waals surface area contributed by atoms with E-state index in [9.17, 15) is 5.11 Å². The molecule has 0 atom stereocenters. The standard InChI is InChI=1S/C15H9Cl3N2O3/c1-7-19-15(20-23-7)9-5-14(12(21)6-10(9)17)22-13-3-2-8(16)4-11(13)18/h2-6,21H,1H3. The van der Waals surface area contributed by atoms with Crippen molar-refractivity contribution >= 4 is 34.8 Å². The van der Waals surface area contributed by atoms with Gasteiger partial charge in [0.15, 0.2) is 11.5 Å². The van der Waals surface area contributed by atoms with E-state index in [0.29, 0.717) is 33.1 Å². The van der Waals surface area contributed by atoms with E-state index in [-0.39, 0.29) is 16.5 Å². The summed E-state index contributed by atoms with van der Waals surface area (Å²) >= 11 is 18.0. The predicted octanol–water partition coefficient (Wildman–Crippen LogP) is 5.50. The number of nitrogens with zero attached hydrogens (tertiary/aromatic N) is 2. The zero-order chi connectivity index (χ0) is 16.6. The van der Waals surface area contributed by atoms with Crippen molar-refractivity contribution in [1.29, 1.82) is 0 Å². The van der Waals surface area contributed by atoms with Crippen molar-refractivity contribution in [3.63, 3.8) is 0 Å². The van der Waals surface area contributed by atoms with Crippen molar-refractivity contribution in [3.8, 4) is 28.6 Å². The first kappa shape index (κ1) is 15.9. The summed E-state index contributed by atoms with van der Waals surface area (Å²) in [7, 11) is 0. The lowest BCUT2D eigenvalue weighted by atomic mass is 10.2. The first-order chi connectivity index (χ1) is 10.9. The highest BCUT2D eigenvalue weighted by Crippen LogP contribution is 2.40. The summed E-state index contributed by atoms with van der Waals surface area (Å²) in [6.07, 6.45) is 0. The van der Waals surface area contributed by atoms with Gasteiger partial charge >= 0.3 is 0 Å². The Kier molecular flexibility index (Phi) is 4.35.